The summed E-state index contributed by atoms with van der Waals surface area (Å²) < 4.78 is 22.5. The number of carbonyl (C=O) groups is 2. The number of primary amides is 1. The highest BCUT2D eigenvalue weighted by Crippen LogP contribution is 2.28. The topological polar surface area (TPSA) is 136 Å². The normalized spacial score (nSPS) is 16.2. The third kappa shape index (κ3) is 3.46. The van der Waals surface area contributed by atoms with Gasteiger partial charge < -0.3 is 10.6 Å². The first-order chi connectivity index (χ1) is 12.2. The highest BCUT2D eigenvalue weighted by atomic mass is 32.2. The Labute approximate surface area is 154 Å². The number of amides is 2. The van der Waals surface area contributed by atoms with Gasteiger partial charge in [0.2, 0.25) is 5.13 Å². The molecule has 3 heterocycles. The number of hydrogen-bond acceptors (Lipinski definition) is 8. The van der Waals surface area contributed by atoms with Crippen LogP contribution in [0.5, 0.6) is 0 Å². The predicted octanol–water partition coefficient (Wildman–Crippen LogP) is 0.347. The molecule has 3 rings (SSSR count). The number of rotatable bonds is 3. The molecule has 0 aromatic carbocycles. The molecule has 140 valence electrons. The Morgan fingerprint density at radius 2 is 2.12 bits per heavy atom. The van der Waals surface area contributed by atoms with E-state index in [9.17, 15) is 13.8 Å². The molecule has 0 spiro atoms. The summed E-state index contributed by atoms with van der Waals surface area (Å²) in [5, 5.41) is 5.01. The van der Waals surface area contributed by atoms with Crippen molar-refractivity contribution in [3.8, 4) is 0 Å². The SMILES string of the molecule is CC(C)c1nsc(N2CCn3ncc(S(C)(=O)=NC(=O)C(N)=O)c3C2)n1. The van der Waals surface area contributed by atoms with Crippen molar-refractivity contribution < 1.29 is 13.8 Å². The van der Waals surface area contributed by atoms with Gasteiger partial charge in [0, 0.05) is 30.3 Å². The lowest BCUT2D eigenvalue weighted by Crippen LogP contribution is -2.34. The molecule has 1 aliphatic rings. The summed E-state index contributed by atoms with van der Waals surface area (Å²) in [6, 6.07) is 0. The molecule has 1 unspecified atom stereocenters. The number of nitrogens with zero attached hydrogens (tertiary/aromatic N) is 6. The minimum atomic E-state index is -3.13. The molecule has 0 bridgehead atoms. The van der Waals surface area contributed by atoms with Crippen molar-refractivity contribution in [3.63, 3.8) is 0 Å². The minimum absolute atomic E-state index is 0.235. The fourth-order valence-corrected chi connectivity index (χ4v) is 4.73. The molecule has 1 aliphatic heterocycles. The minimum Gasteiger partial charge on any atom is -0.361 e. The smallest absolute Gasteiger partial charge is 0.343 e. The average molecular weight is 397 g/mol. The van der Waals surface area contributed by atoms with Crippen molar-refractivity contribution in [3.05, 3.63) is 17.7 Å². The van der Waals surface area contributed by atoms with Gasteiger partial charge in [-0.3, -0.25) is 14.3 Å². The highest BCUT2D eigenvalue weighted by Gasteiger charge is 2.27. The maximum absolute atomic E-state index is 12.9. The van der Waals surface area contributed by atoms with Crippen LogP contribution in [0.25, 0.3) is 0 Å². The first-order valence-corrected chi connectivity index (χ1v) is 10.6. The van der Waals surface area contributed by atoms with Crippen molar-refractivity contribution in [1.82, 2.24) is 19.1 Å². The van der Waals surface area contributed by atoms with E-state index >= 15 is 0 Å². The van der Waals surface area contributed by atoms with E-state index in [1.54, 1.807) is 4.68 Å². The second-order valence-corrected chi connectivity index (χ2v) is 9.21. The first kappa shape index (κ1) is 18.5. The van der Waals surface area contributed by atoms with Crippen LogP contribution >= 0.6 is 11.5 Å². The van der Waals surface area contributed by atoms with E-state index in [0.29, 0.717) is 30.2 Å². The van der Waals surface area contributed by atoms with Crippen molar-refractivity contribution in [2.24, 2.45) is 10.1 Å². The van der Waals surface area contributed by atoms with Gasteiger partial charge in [0.05, 0.1) is 39.6 Å². The second-order valence-electron chi connectivity index (χ2n) is 6.25. The van der Waals surface area contributed by atoms with Crippen LogP contribution < -0.4 is 10.6 Å². The summed E-state index contributed by atoms with van der Waals surface area (Å²) in [4.78, 5) is 29.3. The van der Waals surface area contributed by atoms with Gasteiger partial charge in [-0.1, -0.05) is 13.8 Å². The summed E-state index contributed by atoms with van der Waals surface area (Å²) in [5.74, 6) is -1.43. The van der Waals surface area contributed by atoms with E-state index in [1.807, 2.05) is 18.7 Å². The largest absolute Gasteiger partial charge is 0.361 e. The number of fused-ring (bicyclic) bond motifs is 1. The van der Waals surface area contributed by atoms with Crippen LogP contribution in [0.15, 0.2) is 15.5 Å². The van der Waals surface area contributed by atoms with Gasteiger partial charge in [-0.25, -0.2) is 9.19 Å². The summed E-state index contributed by atoms with van der Waals surface area (Å²) in [6.45, 7) is 5.72. The zero-order valence-electron chi connectivity index (χ0n) is 14.6. The lowest BCUT2D eigenvalue weighted by Gasteiger charge is -2.27. The molecule has 0 fully saturated rings. The molecule has 0 saturated heterocycles. The molecule has 2 amide bonds. The summed E-state index contributed by atoms with van der Waals surface area (Å²) in [6.07, 6.45) is 2.73. The predicted molar refractivity (Wildman–Crippen MR) is 96.2 cm³/mol. The second kappa shape index (κ2) is 6.76. The van der Waals surface area contributed by atoms with Gasteiger partial charge in [-0.05, 0) is 0 Å². The van der Waals surface area contributed by atoms with E-state index in [4.69, 9.17) is 5.73 Å². The summed E-state index contributed by atoms with van der Waals surface area (Å²) >= 11 is 1.31. The summed E-state index contributed by atoms with van der Waals surface area (Å²) in [7, 11) is -3.13. The maximum atomic E-state index is 12.9. The quantitative estimate of drug-likeness (QED) is 0.738. The number of nitrogens with two attached hydrogens (primary N) is 1. The Balaban J connectivity index is 1.94. The molecule has 0 saturated carbocycles. The van der Waals surface area contributed by atoms with Crippen LogP contribution in [0.2, 0.25) is 0 Å². The van der Waals surface area contributed by atoms with E-state index in [0.717, 1.165) is 11.0 Å². The van der Waals surface area contributed by atoms with Crippen molar-refractivity contribution in [2.45, 2.75) is 37.8 Å². The molecule has 2 aromatic heterocycles. The standard InChI is InChI=1S/C14H19N7O3S2/c1-8(2)12-17-14(25-18-12)20-4-5-21-9(7-20)10(6-16-21)26(3,24)19-13(23)11(15)22/h6,8H,4-5,7H2,1-3H3,(H2,15,22). The fourth-order valence-electron chi connectivity index (χ4n) is 2.54. The number of hydrogen-bond donors (Lipinski definition) is 1. The molecule has 12 heteroatoms. The molecule has 2 N–H and O–H groups in total. The Hall–Kier alpha value is -2.34. The van der Waals surface area contributed by atoms with Gasteiger partial charge in [-0.2, -0.15) is 9.47 Å². The Morgan fingerprint density at radius 1 is 1.38 bits per heavy atom. The van der Waals surface area contributed by atoms with Gasteiger partial charge in [0.25, 0.3) is 0 Å². The van der Waals surface area contributed by atoms with Crippen molar-refractivity contribution in [2.75, 3.05) is 17.7 Å². The monoisotopic (exact) mass is 397 g/mol. The van der Waals surface area contributed by atoms with Gasteiger partial charge in [0.1, 0.15) is 5.82 Å². The van der Waals surface area contributed by atoms with Gasteiger partial charge in [0.15, 0.2) is 0 Å². The van der Waals surface area contributed by atoms with Crippen molar-refractivity contribution in [1.29, 1.82) is 0 Å². The number of aromatic nitrogens is 4. The van der Waals surface area contributed by atoms with Crippen LogP contribution in [0, 0.1) is 0 Å². The van der Waals surface area contributed by atoms with E-state index in [-0.39, 0.29) is 5.92 Å². The zero-order valence-corrected chi connectivity index (χ0v) is 16.2. The third-order valence-corrected chi connectivity index (χ3v) is 6.39. The molecule has 10 nitrogen and oxygen atoms in total. The Morgan fingerprint density at radius 3 is 2.73 bits per heavy atom. The Bertz CT molecular complexity index is 985. The number of carbonyl (C=O) groups excluding carboxylic acids is 2. The maximum Gasteiger partial charge on any atom is 0.343 e. The molecule has 2 aromatic rings. The average Bonchev–Trinajstić information content (AvgIpc) is 3.21. The van der Waals surface area contributed by atoms with E-state index < -0.39 is 21.5 Å². The third-order valence-electron chi connectivity index (χ3n) is 3.93. The van der Waals surface area contributed by atoms with Crippen molar-refractivity contribution >= 4 is 38.2 Å². The van der Waals surface area contributed by atoms with Crippen LogP contribution in [-0.4, -0.2) is 48.0 Å². The van der Waals surface area contributed by atoms with Crippen LogP contribution in [0.4, 0.5) is 5.13 Å². The lowest BCUT2D eigenvalue weighted by molar-refractivity contribution is -0.135. The molecule has 0 radical (unpaired) electrons. The van der Waals surface area contributed by atoms with Crippen LogP contribution in [0.1, 0.15) is 31.3 Å². The van der Waals surface area contributed by atoms with Crippen LogP contribution in [0.3, 0.4) is 0 Å². The number of anilines is 1. The molecule has 1 atom stereocenters. The molecular weight excluding hydrogens is 378 g/mol. The van der Waals surface area contributed by atoms with Gasteiger partial charge in [-0.15, -0.1) is 4.36 Å². The molecule has 0 aliphatic carbocycles. The zero-order chi connectivity index (χ0) is 19.1. The molecule has 26 heavy (non-hydrogen) atoms. The Kier molecular flexibility index (Phi) is 4.80. The summed E-state index contributed by atoms with van der Waals surface area (Å²) in [5.41, 5.74) is 5.58. The van der Waals surface area contributed by atoms with Crippen LogP contribution in [-0.2, 0) is 32.4 Å². The first-order valence-electron chi connectivity index (χ1n) is 7.88. The van der Waals surface area contributed by atoms with E-state index in [2.05, 4.69) is 18.8 Å². The lowest BCUT2D eigenvalue weighted by atomic mass is 10.2. The molecular formula is C14H19N7O3S2. The van der Waals surface area contributed by atoms with E-state index in [1.165, 1.54) is 24.0 Å². The van der Waals surface area contributed by atoms with Gasteiger partial charge >= 0.3 is 11.8 Å². The highest BCUT2D eigenvalue weighted by molar-refractivity contribution is 7.93. The fraction of sp³-hybridized carbons (Fsp3) is 0.500.